The largest absolute Gasteiger partial charge is 0.335 e. The molecule has 0 radical (unpaired) electrons. The first kappa shape index (κ1) is 13.1. The van der Waals surface area contributed by atoms with Crippen molar-refractivity contribution in [2.45, 2.75) is 65.6 Å². The van der Waals surface area contributed by atoms with Gasteiger partial charge in [0.15, 0.2) is 0 Å². The van der Waals surface area contributed by atoms with Crippen molar-refractivity contribution in [2.75, 3.05) is 0 Å². The quantitative estimate of drug-likeness (QED) is 0.582. The molecule has 0 fully saturated rings. The monoisotopic (exact) mass is 220 g/mol. The standard InChI is InChI=1S/C12H20.C2H5.Al/c1-5-9-11(7-3)12(8-4)10-6-2;1-2;/h5-8H2,1-4H3;1H2,2H3;. The summed E-state index contributed by atoms with van der Waals surface area (Å²) in [5, 5.41) is 1.43. The second kappa shape index (κ2) is 5.92. The minimum atomic E-state index is -0.682. The molecule has 1 rings (SSSR count). The van der Waals surface area contributed by atoms with Crippen LogP contribution in [-0.2, 0) is 0 Å². The molecule has 0 aliphatic carbocycles. The highest BCUT2D eigenvalue weighted by Crippen LogP contribution is 2.39. The van der Waals surface area contributed by atoms with E-state index in [1.54, 1.807) is 11.1 Å². The van der Waals surface area contributed by atoms with Crippen molar-refractivity contribution in [3.8, 4) is 0 Å². The minimum Gasteiger partial charge on any atom is -0.122 e. The van der Waals surface area contributed by atoms with Gasteiger partial charge in [-0.25, -0.2) is 0 Å². The summed E-state index contributed by atoms with van der Waals surface area (Å²) in [6.07, 6.45) is 5.14. The fourth-order valence-electron chi connectivity index (χ4n) is 3.31. The van der Waals surface area contributed by atoms with Gasteiger partial charge in [0, 0.05) is 0 Å². The van der Waals surface area contributed by atoms with E-state index in [4.69, 9.17) is 0 Å². The van der Waals surface area contributed by atoms with Crippen LogP contribution in [0, 0.1) is 0 Å². The number of allylic oxidation sites excluding steroid dienone is 4. The third-order valence-corrected chi connectivity index (χ3v) is 7.87. The van der Waals surface area contributed by atoms with Crippen molar-refractivity contribution in [3.05, 3.63) is 20.0 Å². The zero-order valence-electron chi connectivity index (χ0n) is 11.1. The summed E-state index contributed by atoms with van der Waals surface area (Å²) in [6.45, 7) is 11.8. The fraction of sp³-hybridized carbons (Fsp3) is 0.714. The van der Waals surface area contributed by atoms with Gasteiger partial charge in [-0.2, -0.15) is 0 Å². The molecule has 0 aromatic rings. The lowest BCUT2D eigenvalue weighted by molar-refractivity contribution is 0.985. The van der Waals surface area contributed by atoms with Crippen LogP contribution in [0.3, 0.4) is 0 Å². The minimum absolute atomic E-state index is 0.682. The maximum atomic E-state index is 2.40. The Morgan fingerprint density at radius 3 is 1.27 bits per heavy atom. The molecule has 1 aliphatic heterocycles. The van der Waals surface area contributed by atoms with E-state index in [0.717, 1.165) is 0 Å². The van der Waals surface area contributed by atoms with Crippen LogP contribution in [0.15, 0.2) is 20.0 Å². The molecule has 0 amide bonds. The van der Waals surface area contributed by atoms with Crippen LogP contribution in [0.2, 0.25) is 5.28 Å². The number of hydrogen-bond donors (Lipinski definition) is 0. The molecule has 15 heavy (non-hydrogen) atoms. The van der Waals surface area contributed by atoms with Gasteiger partial charge in [-0.3, -0.25) is 0 Å². The lowest BCUT2D eigenvalue weighted by atomic mass is 9.99. The van der Waals surface area contributed by atoms with Gasteiger partial charge in [0.05, 0.1) is 0 Å². The van der Waals surface area contributed by atoms with Crippen molar-refractivity contribution in [1.29, 1.82) is 0 Å². The zero-order chi connectivity index (χ0) is 11.4. The second-order valence-electron chi connectivity index (χ2n) is 4.38. The molecule has 0 aromatic heterocycles. The molecule has 84 valence electrons. The Labute approximate surface area is 99.8 Å². The summed E-state index contributed by atoms with van der Waals surface area (Å²) >= 11 is -0.682. The lowest BCUT2D eigenvalue weighted by Gasteiger charge is -2.10. The predicted molar refractivity (Wildman–Crippen MR) is 71.5 cm³/mol. The molecule has 0 unspecified atom stereocenters. The second-order valence-corrected chi connectivity index (χ2v) is 7.70. The molecule has 0 saturated carbocycles. The Bertz CT molecular complexity index is 256. The van der Waals surface area contributed by atoms with Crippen molar-refractivity contribution in [2.24, 2.45) is 0 Å². The van der Waals surface area contributed by atoms with Gasteiger partial charge in [0.2, 0.25) is 0 Å². The summed E-state index contributed by atoms with van der Waals surface area (Å²) in [7, 11) is 0. The van der Waals surface area contributed by atoms with Crippen molar-refractivity contribution in [3.63, 3.8) is 0 Å². The van der Waals surface area contributed by atoms with Gasteiger partial charge in [0.1, 0.15) is 0 Å². The summed E-state index contributed by atoms with van der Waals surface area (Å²) in [6, 6.07) is 0. The van der Waals surface area contributed by atoms with Gasteiger partial charge in [-0.1, -0.05) is 51.0 Å². The van der Waals surface area contributed by atoms with Gasteiger partial charge in [0.25, 0.3) is 0 Å². The topological polar surface area (TPSA) is 0 Å². The van der Waals surface area contributed by atoms with E-state index in [-0.39, 0.29) is 0 Å². The van der Waals surface area contributed by atoms with Crippen molar-refractivity contribution >= 4 is 14.1 Å². The van der Waals surface area contributed by atoms with Gasteiger partial charge < -0.3 is 0 Å². The number of rotatable bonds is 5. The normalized spacial score (nSPS) is 17.0. The molecule has 0 N–H and O–H groups in total. The smallest absolute Gasteiger partial charge is 0.122 e. The van der Waals surface area contributed by atoms with E-state index < -0.39 is 14.1 Å². The summed E-state index contributed by atoms with van der Waals surface area (Å²) in [4.78, 5) is 0. The highest BCUT2D eigenvalue weighted by Gasteiger charge is 2.33. The average molecular weight is 220 g/mol. The summed E-state index contributed by atoms with van der Waals surface area (Å²) in [5.41, 5.74) is 3.52. The summed E-state index contributed by atoms with van der Waals surface area (Å²) < 4.78 is 3.77. The molecule has 0 bridgehead atoms. The van der Waals surface area contributed by atoms with Crippen LogP contribution in [0.25, 0.3) is 0 Å². The Balaban J connectivity index is 3.17. The SMILES string of the molecule is CCC1=[C](CC)[Al]([CH2]C)[C](CC)=C1CC. The highest BCUT2D eigenvalue weighted by atomic mass is 27.2. The van der Waals surface area contributed by atoms with Crippen LogP contribution >= 0.6 is 0 Å². The Morgan fingerprint density at radius 2 is 1.07 bits per heavy atom. The Morgan fingerprint density at radius 1 is 0.667 bits per heavy atom. The molecule has 0 nitrogen and oxygen atoms in total. The summed E-state index contributed by atoms with van der Waals surface area (Å²) in [5.74, 6) is 0. The Hall–Kier alpha value is 0.0125. The van der Waals surface area contributed by atoms with Crippen molar-refractivity contribution in [1.82, 2.24) is 0 Å². The zero-order valence-corrected chi connectivity index (χ0v) is 12.3. The molecule has 1 aliphatic rings. The van der Waals surface area contributed by atoms with Crippen molar-refractivity contribution < 1.29 is 0 Å². The predicted octanol–water partition coefficient (Wildman–Crippen LogP) is 4.83. The van der Waals surface area contributed by atoms with Crippen LogP contribution in [0.1, 0.15) is 60.3 Å². The maximum Gasteiger partial charge on any atom is 0.335 e. The van der Waals surface area contributed by atoms with Gasteiger partial charge in [-0.05, 0) is 25.7 Å². The lowest BCUT2D eigenvalue weighted by Crippen LogP contribution is -2.15. The van der Waals surface area contributed by atoms with E-state index in [0.29, 0.717) is 0 Å². The first-order chi connectivity index (χ1) is 7.24. The molecule has 1 heteroatoms. The molecule has 0 atom stereocenters. The van der Waals surface area contributed by atoms with Crippen LogP contribution in [0.4, 0.5) is 0 Å². The average Bonchev–Trinajstić information content (AvgIpc) is 2.59. The molecular formula is C14H25Al. The first-order valence-electron chi connectivity index (χ1n) is 6.69. The molecule has 0 spiro atoms. The van der Waals surface area contributed by atoms with E-state index in [9.17, 15) is 0 Å². The molecule has 0 aromatic carbocycles. The maximum absolute atomic E-state index is 2.40. The van der Waals surface area contributed by atoms with E-state index in [2.05, 4.69) is 34.6 Å². The third-order valence-electron chi connectivity index (χ3n) is 3.86. The molecule has 1 heterocycles. The Kier molecular flexibility index (Phi) is 5.17. The van der Waals surface area contributed by atoms with E-state index in [1.165, 1.54) is 31.0 Å². The molecule has 0 saturated heterocycles. The van der Waals surface area contributed by atoms with E-state index >= 15 is 0 Å². The fourth-order valence-corrected chi connectivity index (χ4v) is 7.30. The third kappa shape index (κ3) is 2.24. The number of hydrogen-bond acceptors (Lipinski definition) is 0. The molecular weight excluding hydrogens is 195 g/mol. The first-order valence-corrected chi connectivity index (χ1v) is 8.66. The highest BCUT2D eigenvalue weighted by molar-refractivity contribution is 6.75. The van der Waals surface area contributed by atoms with Gasteiger partial charge >= 0.3 is 14.1 Å². The van der Waals surface area contributed by atoms with Crippen LogP contribution < -0.4 is 0 Å². The van der Waals surface area contributed by atoms with Crippen LogP contribution in [0.5, 0.6) is 0 Å². The van der Waals surface area contributed by atoms with Crippen LogP contribution in [-0.4, -0.2) is 14.1 Å². The van der Waals surface area contributed by atoms with E-state index in [1.807, 2.05) is 8.87 Å². The van der Waals surface area contributed by atoms with Gasteiger partial charge in [-0.15, -0.1) is 8.87 Å².